The highest BCUT2D eigenvalue weighted by Gasteiger charge is 2.29. The average molecular weight is 381 g/mol. The largest absolute Gasteiger partial charge is 0.354 e. The van der Waals surface area contributed by atoms with Crippen LogP contribution in [0, 0.1) is 20.8 Å². The first kappa shape index (κ1) is 17.4. The molecule has 0 atom stereocenters. The molecule has 5 nitrogen and oxygen atoms in total. The van der Waals surface area contributed by atoms with Crippen LogP contribution in [0.4, 0.5) is 11.4 Å². The Kier molecular flexibility index (Phi) is 3.68. The van der Waals surface area contributed by atoms with Gasteiger partial charge in [0.1, 0.15) is 0 Å². The lowest BCUT2D eigenvalue weighted by atomic mass is 9.85. The van der Waals surface area contributed by atoms with E-state index in [0.29, 0.717) is 39.0 Å². The molecule has 0 fully saturated rings. The second-order valence-electron chi connectivity index (χ2n) is 7.57. The fourth-order valence-electron chi connectivity index (χ4n) is 4.34. The third-order valence-corrected chi connectivity index (χ3v) is 5.48. The molecule has 0 radical (unpaired) electrons. The number of rotatable bonds is 2. The van der Waals surface area contributed by atoms with Gasteiger partial charge in [-0.05, 0) is 44.0 Å². The smallest absolute Gasteiger partial charge is 0.345 e. The van der Waals surface area contributed by atoms with Gasteiger partial charge in [0.2, 0.25) is 0 Å². The molecule has 1 heterocycles. The molecule has 4 aromatic rings. The van der Waals surface area contributed by atoms with Crippen molar-refractivity contribution < 1.29 is 4.79 Å². The highest BCUT2D eigenvalue weighted by atomic mass is 16.1. The molecule has 1 aromatic heterocycles. The fraction of sp³-hybridized carbons (Fsp3) is 0.125. The van der Waals surface area contributed by atoms with Gasteiger partial charge >= 0.3 is 5.69 Å². The quantitative estimate of drug-likeness (QED) is 0.460. The molecule has 0 amide bonds. The SMILES string of the molecule is Cc1cc(C)c(Nc2cccc3c2C(=O)c2cccc4[nH]c(=O)nc-3c24)c(C)c1. The number of hydrogen-bond acceptors (Lipinski definition) is 4. The van der Waals surface area contributed by atoms with Crippen LogP contribution in [0.1, 0.15) is 32.6 Å². The van der Waals surface area contributed by atoms with E-state index in [2.05, 4.69) is 48.2 Å². The summed E-state index contributed by atoms with van der Waals surface area (Å²) in [7, 11) is 0. The standard InChI is InChI=1S/C24H19N3O2/c1-12-10-13(2)21(14(3)11-12)25-18-9-4-6-15-20(18)23(28)16-7-5-8-17-19(16)22(15)27-24(29)26-17/h4-11,25H,1-3H3,(H,26,27,29). The minimum atomic E-state index is -0.423. The van der Waals surface area contributed by atoms with Gasteiger partial charge in [-0.2, -0.15) is 4.98 Å². The van der Waals surface area contributed by atoms with Crippen molar-refractivity contribution in [1.29, 1.82) is 0 Å². The van der Waals surface area contributed by atoms with E-state index in [1.54, 1.807) is 18.2 Å². The van der Waals surface area contributed by atoms with Crippen LogP contribution in [0.15, 0.2) is 53.3 Å². The number of fused-ring (bicyclic) bond motifs is 2. The summed E-state index contributed by atoms with van der Waals surface area (Å²) in [4.78, 5) is 32.5. The second kappa shape index (κ2) is 6.14. The van der Waals surface area contributed by atoms with E-state index in [1.807, 2.05) is 18.2 Å². The highest BCUT2D eigenvalue weighted by Crippen LogP contribution is 2.41. The van der Waals surface area contributed by atoms with Crippen molar-refractivity contribution in [2.24, 2.45) is 0 Å². The molecular weight excluding hydrogens is 362 g/mol. The summed E-state index contributed by atoms with van der Waals surface area (Å²) in [6, 6.07) is 15.2. The van der Waals surface area contributed by atoms with E-state index in [0.717, 1.165) is 16.8 Å². The summed E-state index contributed by atoms with van der Waals surface area (Å²) in [5, 5.41) is 4.17. The van der Waals surface area contributed by atoms with E-state index < -0.39 is 5.69 Å². The van der Waals surface area contributed by atoms with Gasteiger partial charge in [0.15, 0.2) is 5.78 Å². The fourth-order valence-corrected chi connectivity index (χ4v) is 4.34. The predicted molar refractivity (Wildman–Crippen MR) is 115 cm³/mol. The summed E-state index contributed by atoms with van der Waals surface area (Å²) in [5.74, 6) is -0.0718. The molecule has 1 aliphatic carbocycles. The molecule has 29 heavy (non-hydrogen) atoms. The topological polar surface area (TPSA) is 74.8 Å². The Hall–Kier alpha value is -3.73. The van der Waals surface area contributed by atoms with Crippen molar-refractivity contribution >= 4 is 28.1 Å². The monoisotopic (exact) mass is 381 g/mol. The Morgan fingerprint density at radius 1 is 0.897 bits per heavy atom. The van der Waals surface area contributed by atoms with Crippen LogP contribution < -0.4 is 11.0 Å². The van der Waals surface area contributed by atoms with Crippen molar-refractivity contribution in [3.05, 3.63) is 86.8 Å². The van der Waals surface area contributed by atoms with Gasteiger partial charge in [-0.15, -0.1) is 0 Å². The maximum Gasteiger partial charge on any atom is 0.345 e. The molecule has 5 heteroatoms. The van der Waals surface area contributed by atoms with Crippen LogP contribution in [0.2, 0.25) is 0 Å². The van der Waals surface area contributed by atoms with Gasteiger partial charge in [0.25, 0.3) is 0 Å². The van der Waals surface area contributed by atoms with Crippen LogP contribution in [0.3, 0.4) is 0 Å². The molecule has 0 saturated heterocycles. The first-order valence-electron chi connectivity index (χ1n) is 9.50. The summed E-state index contributed by atoms with van der Waals surface area (Å²) >= 11 is 0. The molecule has 2 N–H and O–H groups in total. The predicted octanol–water partition coefficient (Wildman–Crippen LogP) is 4.80. The van der Waals surface area contributed by atoms with E-state index in [1.165, 1.54) is 5.56 Å². The Morgan fingerprint density at radius 2 is 1.59 bits per heavy atom. The summed E-state index contributed by atoms with van der Waals surface area (Å²) in [6.07, 6.45) is 0. The molecular formula is C24H19N3O2. The third kappa shape index (κ3) is 2.58. The lowest BCUT2D eigenvalue weighted by molar-refractivity contribution is 0.104. The molecule has 5 rings (SSSR count). The molecule has 0 spiro atoms. The van der Waals surface area contributed by atoms with Crippen molar-refractivity contribution in [3.63, 3.8) is 0 Å². The summed E-state index contributed by atoms with van der Waals surface area (Å²) < 4.78 is 0. The minimum Gasteiger partial charge on any atom is -0.354 e. The lowest BCUT2D eigenvalue weighted by Gasteiger charge is -2.22. The normalized spacial score (nSPS) is 12.2. The number of nitrogens with zero attached hydrogens (tertiary/aromatic N) is 1. The molecule has 0 aliphatic heterocycles. The number of ketones is 1. The summed E-state index contributed by atoms with van der Waals surface area (Å²) in [6.45, 7) is 6.17. The number of hydrogen-bond donors (Lipinski definition) is 2. The van der Waals surface area contributed by atoms with Gasteiger partial charge in [-0.3, -0.25) is 4.79 Å². The Labute approximate surface area is 167 Å². The van der Waals surface area contributed by atoms with Crippen LogP contribution >= 0.6 is 0 Å². The number of anilines is 2. The zero-order chi connectivity index (χ0) is 20.3. The Morgan fingerprint density at radius 3 is 2.34 bits per heavy atom. The number of carbonyl (C=O) groups is 1. The van der Waals surface area contributed by atoms with Crippen molar-refractivity contribution in [2.45, 2.75) is 20.8 Å². The van der Waals surface area contributed by atoms with Gasteiger partial charge in [-0.1, -0.05) is 42.0 Å². The molecule has 0 saturated carbocycles. The minimum absolute atomic E-state index is 0.0718. The van der Waals surface area contributed by atoms with E-state index in [4.69, 9.17) is 0 Å². The summed E-state index contributed by atoms with van der Waals surface area (Å²) in [5.41, 5.74) is 7.65. The molecule has 0 unspecified atom stereocenters. The molecule has 0 bridgehead atoms. The van der Waals surface area contributed by atoms with Crippen LogP contribution in [0.25, 0.3) is 22.2 Å². The zero-order valence-corrected chi connectivity index (χ0v) is 16.4. The number of benzene rings is 3. The van der Waals surface area contributed by atoms with Crippen LogP contribution in [-0.4, -0.2) is 15.8 Å². The van der Waals surface area contributed by atoms with E-state index >= 15 is 0 Å². The number of aromatic nitrogens is 2. The maximum absolute atomic E-state index is 13.5. The van der Waals surface area contributed by atoms with Gasteiger partial charge in [0.05, 0.1) is 22.5 Å². The lowest BCUT2D eigenvalue weighted by Crippen LogP contribution is -2.19. The maximum atomic E-state index is 13.5. The second-order valence-corrected chi connectivity index (χ2v) is 7.57. The number of aryl methyl sites for hydroxylation is 3. The van der Waals surface area contributed by atoms with Gasteiger partial charge < -0.3 is 10.3 Å². The highest BCUT2D eigenvalue weighted by molar-refractivity contribution is 6.27. The first-order valence-corrected chi connectivity index (χ1v) is 9.50. The van der Waals surface area contributed by atoms with Gasteiger partial charge in [0, 0.05) is 22.2 Å². The van der Waals surface area contributed by atoms with Crippen LogP contribution in [0.5, 0.6) is 0 Å². The van der Waals surface area contributed by atoms with Crippen molar-refractivity contribution in [1.82, 2.24) is 9.97 Å². The van der Waals surface area contributed by atoms with Crippen LogP contribution in [-0.2, 0) is 0 Å². The Balaban J connectivity index is 1.77. The van der Waals surface area contributed by atoms with Crippen molar-refractivity contribution in [2.75, 3.05) is 5.32 Å². The molecule has 1 aliphatic rings. The first-order chi connectivity index (χ1) is 13.9. The van der Waals surface area contributed by atoms with Crippen molar-refractivity contribution in [3.8, 4) is 11.3 Å². The van der Waals surface area contributed by atoms with E-state index in [9.17, 15) is 9.59 Å². The molecule has 142 valence electrons. The number of H-pyrrole nitrogens is 1. The van der Waals surface area contributed by atoms with E-state index in [-0.39, 0.29) is 5.78 Å². The third-order valence-electron chi connectivity index (χ3n) is 5.48. The average Bonchev–Trinajstić information content (AvgIpc) is 2.68. The zero-order valence-electron chi connectivity index (χ0n) is 16.4. The number of aromatic amines is 1. The van der Waals surface area contributed by atoms with Gasteiger partial charge in [-0.25, -0.2) is 4.79 Å². The number of nitrogens with one attached hydrogen (secondary N) is 2. The number of carbonyl (C=O) groups excluding carboxylic acids is 1. The molecule has 3 aromatic carbocycles. The Bertz CT molecular complexity index is 1380.